The minimum Gasteiger partial charge on any atom is -0.473 e. The van der Waals surface area contributed by atoms with Crippen molar-refractivity contribution in [2.75, 3.05) is 25.0 Å². The normalized spacial score (nSPS) is 14.2. The maximum Gasteiger partial charge on any atom is 0.414 e. The Hall–Kier alpha value is -2.41. The van der Waals surface area contributed by atoms with Gasteiger partial charge in [0.05, 0.1) is 0 Å². The molecule has 0 spiro atoms. The van der Waals surface area contributed by atoms with Gasteiger partial charge >= 0.3 is 11.9 Å². The third kappa shape index (κ3) is 8.30. The van der Waals surface area contributed by atoms with Crippen LogP contribution < -0.4 is 5.32 Å². The van der Waals surface area contributed by atoms with Crippen molar-refractivity contribution in [1.82, 2.24) is 4.90 Å². The van der Waals surface area contributed by atoms with Crippen molar-refractivity contribution in [2.24, 2.45) is 0 Å². The monoisotopic (exact) mass is 350 g/mol. The van der Waals surface area contributed by atoms with Crippen LogP contribution in [0.2, 0.25) is 0 Å². The second-order valence-corrected chi connectivity index (χ2v) is 6.11. The van der Waals surface area contributed by atoms with E-state index in [1.165, 1.54) is 30.4 Å². The number of likely N-dealkylation sites (tertiary alicyclic amines) is 1. The molecule has 0 aromatic heterocycles. The van der Waals surface area contributed by atoms with Gasteiger partial charge in [0.15, 0.2) is 0 Å². The average Bonchev–Trinajstić information content (AvgIpc) is 2.58. The summed E-state index contributed by atoms with van der Waals surface area (Å²) in [5.74, 6) is -3.53. The lowest BCUT2D eigenvalue weighted by molar-refractivity contribution is -0.159. The molecule has 0 radical (unpaired) electrons. The fourth-order valence-corrected chi connectivity index (χ4v) is 2.49. The molecule has 7 heteroatoms. The van der Waals surface area contributed by atoms with Crippen LogP contribution in [0.3, 0.4) is 0 Å². The predicted octanol–water partition coefficient (Wildman–Crippen LogP) is 2.27. The van der Waals surface area contributed by atoms with E-state index in [9.17, 15) is 4.79 Å². The van der Waals surface area contributed by atoms with E-state index < -0.39 is 11.9 Å². The SMILES string of the molecule is Cc1ccc(NC(=O)CCN2CCCCC2)cc1C.O=C(O)C(=O)O. The van der Waals surface area contributed by atoms with Gasteiger partial charge in [-0.05, 0) is 63.0 Å². The molecular weight excluding hydrogens is 324 g/mol. The topological polar surface area (TPSA) is 107 Å². The minimum absolute atomic E-state index is 0.119. The summed E-state index contributed by atoms with van der Waals surface area (Å²) in [7, 11) is 0. The van der Waals surface area contributed by atoms with Crippen LogP contribution in [0.25, 0.3) is 0 Å². The third-order valence-electron chi connectivity index (χ3n) is 4.08. The Morgan fingerprint density at radius 1 is 1.00 bits per heavy atom. The number of hydrogen-bond donors (Lipinski definition) is 3. The number of rotatable bonds is 4. The summed E-state index contributed by atoms with van der Waals surface area (Å²) in [5.41, 5.74) is 3.38. The number of piperidine rings is 1. The van der Waals surface area contributed by atoms with Gasteiger partial charge in [-0.3, -0.25) is 4.79 Å². The van der Waals surface area contributed by atoms with Crippen molar-refractivity contribution >= 4 is 23.5 Å². The smallest absolute Gasteiger partial charge is 0.414 e. The molecule has 0 aliphatic carbocycles. The highest BCUT2D eigenvalue weighted by atomic mass is 16.4. The number of nitrogens with zero attached hydrogens (tertiary/aromatic N) is 1. The number of nitrogens with one attached hydrogen (secondary N) is 1. The molecule has 2 rings (SSSR count). The van der Waals surface area contributed by atoms with Crippen LogP contribution in [0.1, 0.15) is 36.8 Å². The number of carboxylic acid groups (broad SMARTS) is 2. The molecule has 1 aliphatic heterocycles. The Morgan fingerprint density at radius 3 is 2.12 bits per heavy atom. The summed E-state index contributed by atoms with van der Waals surface area (Å²) in [6.07, 6.45) is 4.48. The van der Waals surface area contributed by atoms with Crippen LogP contribution in [-0.4, -0.2) is 52.6 Å². The Balaban J connectivity index is 0.000000450. The Morgan fingerprint density at radius 2 is 1.60 bits per heavy atom. The van der Waals surface area contributed by atoms with Crippen LogP contribution in [0.15, 0.2) is 18.2 Å². The molecule has 0 bridgehead atoms. The van der Waals surface area contributed by atoms with Gasteiger partial charge in [-0.25, -0.2) is 9.59 Å². The average molecular weight is 350 g/mol. The number of anilines is 1. The van der Waals surface area contributed by atoms with Crippen molar-refractivity contribution in [2.45, 2.75) is 39.5 Å². The Bertz CT molecular complexity index is 597. The first-order valence-electron chi connectivity index (χ1n) is 8.35. The van der Waals surface area contributed by atoms with Gasteiger partial charge in [0, 0.05) is 18.7 Å². The lowest BCUT2D eigenvalue weighted by atomic mass is 10.1. The summed E-state index contributed by atoms with van der Waals surface area (Å²) in [6.45, 7) is 7.33. The highest BCUT2D eigenvalue weighted by Crippen LogP contribution is 2.14. The van der Waals surface area contributed by atoms with E-state index in [0.29, 0.717) is 6.42 Å². The van der Waals surface area contributed by atoms with Gasteiger partial charge in [-0.15, -0.1) is 0 Å². The van der Waals surface area contributed by atoms with Gasteiger partial charge in [0.25, 0.3) is 0 Å². The molecule has 0 unspecified atom stereocenters. The van der Waals surface area contributed by atoms with E-state index in [1.807, 2.05) is 12.1 Å². The highest BCUT2D eigenvalue weighted by molar-refractivity contribution is 6.27. The molecule has 1 amide bonds. The molecule has 1 heterocycles. The number of amides is 1. The van der Waals surface area contributed by atoms with Gasteiger partial charge in [-0.1, -0.05) is 12.5 Å². The number of aryl methyl sites for hydroxylation is 2. The first kappa shape index (κ1) is 20.6. The molecule has 25 heavy (non-hydrogen) atoms. The number of carbonyl (C=O) groups excluding carboxylic acids is 1. The van der Waals surface area contributed by atoms with Crippen molar-refractivity contribution in [3.8, 4) is 0 Å². The van der Waals surface area contributed by atoms with E-state index in [2.05, 4.69) is 30.1 Å². The second-order valence-electron chi connectivity index (χ2n) is 6.11. The summed E-state index contributed by atoms with van der Waals surface area (Å²) in [4.78, 5) is 32.5. The maximum atomic E-state index is 11.9. The quantitative estimate of drug-likeness (QED) is 0.719. The molecule has 1 fully saturated rings. The Labute approximate surface area is 147 Å². The second kappa shape index (κ2) is 10.5. The standard InChI is InChI=1S/C16H24N2O.C2H2O4/c1-13-6-7-15(12-14(13)2)17-16(19)8-11-18-9-4-3-5-10-18;3-1(4)2(5)6/h6-7,12H,3-5,8-11H2,1-2H3,(H,17,19);(H,3,4)(H,5,6). The molecule has 1 saturated heterocycles. The van der Waals surface area contributed by atoms with Crippen molar-refractivity contribution in [1.29, 1.82) is 0 Å². The van der Waals surface area contributed by atoms with E-state index in [1.54, 1.807) is 0 Å². The van der Waals surface area contributed by atoms with E-state index in [-0.39, 0.29) is 5.91 Å². The van der Waals surface area contributed by atoms with Crippen molar-refractivity contribution < 1.29 is 24.6 Å². The van der Waals surface area contributed by atoms with Crippen molar-refractivity contribution in [3.63, 3.8) is 0 Å². The zero-order chi connectivity index (χ0) is 18.8. The van der Waals surface area contributed by atoms with E-state index in [4.69, 9.17) is 19.8 Å². The summed E-state index contributed by atoms with van der Waals surface area (Å²) in [5, 5.41) is 17.8. The van der Waals surface area contributed by atoms with Crippen molar-refractivity contribution in [3.05, 3.63) is 29.3 Å². The molecule has 138 valence electrons. The van der Waals surface area contributed by atoms with Crippen LogP contribution in [0, 0.1) is 13.8 Å². The Kier molecular flexibility index (Phi) is 8.63. The zero-order valence-corrected chi connectivity index (χ0v) is 14.7. The molecule has 0 atom stereocenters. The maximum absolute atomic E-state index is 11.9. The lowest BCUT2D eigenvalue weighted by Crippen LogP contribution is -2.32. The van der Waals surface area contributed by atoms with E-state index in [0.717, 1.165) is 25.3 Å². The molecule has 1 aromatic rings. The van der Waals surface area contributed by atoms with Crippen LogP contribution in [0.5, 0.6) is 0 Å². The third-order valence-corrected chi connectivity index (χ3v) is 4.08. The number of hydrogen-bond acceptors (Lipinski definition) is 4. The first-order valence-corrected chi connectivity index (χ1v) is 8.35. The molecule has 7 nitrogen and oxygen atoms in total. The molecular formula is C18H26N2O5. The first-order chi connectivity index (χ1) is 11.8. The largest absolute Gasteiger partial charge is 0.473 e. The van der Waals surface area contributed by atoms with Gasteiger partial charge in [0.1, 0.15) is 0 Å². The summed E-state index contributed by atoms with van der Waals surface area (Å²) in [6, 6.07) is 6.06. The fourth-order valence-electron chi connectivity index (χ4n) is 2.49. The van der Waals surface area contributed by atoms with Gasteiger partial charge in [0.2, 0.25) is 5.91 Å². The molecule has 1 aliphatic rings. The number of benzene rings is 1. The van der Waals surface area contributed by atoms with Crippen LogP contribution in [-0.2, 0) is 14.4 Å². The van der Waals surface area contributed by atoms with Crippen LogP contribution in [0.4, 0.5) is 5.69 Å². The van der Waals surface area contributed by atoms with Gasteiger partial charge in [-0.2, -0.15) is 0 Å². The summed E-state index contributed by atoms with van der Waals surface area (Å²) >= 11 is 0. The molecule has 3 N–H and O–H groups in total. The number of carbonyl (C=O) groups is 3. The fraction of sp³-hybridized carbons (Fsp3) is 0.500. The number of aliphatic carboxylic acids is 2. The zero-order valence-electron chi connectivity index (χ0n) is 14.7. The van der Waals surface area contributed by atoms with Gasteiger partial charge < -0.3 is 20.4 Å². The minimum atomic E-state index is -1.82. The number of carboxylic acids is 2. The molecule has 1 aromatic carbocycles. The lowest BCUT2D eigenvalue weighted by Gasteiger charge is -2.25. The van der Waals surface area contributed by atoms with E-state index >= 15 is 0 Å². The van der Waals surface area contributed by atoms with Crippen LogP contribution >= 0.6 is 0 Å². The predicted molar refractivity (Wildman–Crippen MR) is 94.7 cm³/mol. The molecule has 0 saturated carbocycles. The highest BCUT2D eigenvalue weighted by Gasteiger charge is 2.11. The summed E-state index contributed by atoms with van der Waals surface area (Å²) < 4.78 is 0.